The van der Waals surface area contributed by atoms with Crippen molar-refractivity contribution in [1.29, 1.82) is 0 Å². The zero-order valence-electron chi connectivity index (χ0n) is 18.2. The fraction of sp³-hybridized carbons (Fsp3) is 0.667. The summed E-state index contributed by atoms with van der Waals surface area (Å²) in [5.74, 6) is -0.324. The second-order valence-electron chi connectivity index (χ2n) is 6.70. The fourth-order valence-electron chi connectivity index (χ4n) is 2.63. The molecule has 0 aliphatic carbocycles. The van der Waals surface area contributed by atoms with E-state index in [1.54, 1.807) is 14.0 Å². The maximum atomic E-state index is 10.6. The molecule has 1 aliphatic rings. The average molecular weight is 400 g/mol. The molecule has 160 valence electrons. The van der Waals surface area contributed by atoms with Gasteiger partial charge in [0.2, 0.25) is 0 Å². The van der Waals surface area contributed by atoms with E-state index in [2.05, 4.69) is 42.8 Å². The van der Waals surface area contributed by atoms with Gasteiger partial charge in [-0.1, -0.05) is 13.8 Å². The van der Waals surface area contributed by atoms with Crippen molar-refractivity contribution in [3.63, 3.8) is 0 Å². The molecule has 1 aromatic carbocycles. The van der Waals surface area contributed by atoms with Gasteiger partial charge in [-0.15, -0.1) is 0 Å². The molecule has 1 heterocycles. The van der Waals surface area contributed by atoms with Gasteiger partial charge < -0.3 is 9.47 Å². The number of nitrogens with one attached hydrogen (secondary N) is 1. The number of ether oxygens (including phenoxy) is 2. The minimum absolute atomic E-state index is 0.0464. The summed E-state index contributed by atoms with van der Waals surface area (Å²) in [5.41, 5.74) is -0.462. The third-order valence-electron chi connectivity index (χ3n) is 4.63. The molecule has 1 aliphatic heterocycles. The van der Waals surface area contributed by atoms with Gasteiger partial charge in [0.15, 0.2) is 0 Å². The van der Waals surface area contributed by atoms with Gasteiger partial charge in [-0.05, 0) is 40.3 Å². The van der Waals surface area contributed by atoms with E-state index in [1.165, 1.54) is 12.1 Å². The van der Waals surface area contributed by atoms with E-state index >= 15 is 0 Å². The second kappa shape index (κ2) is 10.3. The van der Waals surface area contributed by atoms with Crippen LogP contribution >= 0.6 is 0 Å². The lowest BCUT2D eigenvalue weighted by molar-refractivity contribution is -0.395. The van der Waals surface area contributed by atoms with E-state index in [0.29, 0.717) is 5.56 Å². The minimum atomic E-state index is -0.709. The third-order valence-corrected chi connectivity index (χ3v) is 4.63. The summed E-state index contributed by atoms with van der Waals surface area (Å²) in [5, 5.41) is 24.6. The Hall–Kier alpha value is -2.30. The lowest BCUT2D eigenvalue weighted by atomic mass is 10.2. The highest BCUT2D eigenvalue weighted by atomic mass is 16.6. The first-order valence-corrected chi connectivity index (χ1v) is 8.91. The predicted octanol–water partition coefficient (Wildman–Crippen LogP) is 3.47. The summed E-state index contributed by atoms with van der Waals surface area (Å²) < 4.78 is 10.1. The van der Waals surface area contributed by atoms with Crippen molar-refractivity contribution < 1.29 is 19.3 Å². The lowest BCUT2D eigenvalue weighted by Crippen LogP contribution is -2.50. The van der Waals surface area contributed by atoms with E-state index in [9.17, 15) is 20.2 Å². The van der Waals surface area contributed by atoms with Crippen LogP contribution in [0, 0.1) is 27.2 Å². The molecule has 0 aromatic heterocycles. The topological polar surface area (TPSA) is 120 Å². The largest absolute Gasteiger partial charge is 0.485 e. The monoisotopic (exact) mass is 400 g/mol. The molecule has 0 radical (unpaired) electrons. The number of nitro benzene ring substituents is 2. The van der Waals surface area contributed by atoms with E-state index < -0.39 is 21.2 Å². The molecule has 1 unspecified atom stereocenters. The number of rotatable bonds is 4. The van der Waals surface area contributed by atoms with Crippen molar-refractivity contribution in [2.24, 2.45) is 0 Å². The smallest absolute Gasteiger partial charge is 0.318 e. The number of likely N-dealkylation sites (N-methyl/N-ethyl adjacent to an activating group) is 1. The quantitative estimate of drug-likeness (QED) is 0.602. The average Bonchev–Trinajstić information content (AvgIpc) is 2.87. The molecular weight excluding hydrogens is 368 g/mol. The Bertz CT molecular complexity index is 660. The number of nitro groups is 2. The lowest BCUT2D eigenvalue weighted by Gasteiger charge is -2.36. The number of methoxy groups -OCH3 is 2. The highest BCUT2D eigenvalue weighted by Gasteiger charge is 2.44. The highest BCUT2D eigenvalue weighted by molar-refractivity contribution is 5.61. The first kappa shape index (κ1) is 25.7. The van der Waals surface area contributed by atoms with Gasteiger partial charge in [0.1, 0.15) is 5.72 Å². The first-order chi connectivity index (χ1) is 12.9. The maximum Gasteiger partial charge on any atom is 0.318 e. The van der Waals surface area contributed by atoms with Crippen LogP contribution < -0.4 is 10.1 Å². The van der Waals surface area contributed by atoms with Gasteiger partial charge in [0.25, 0.3) is 5.75 Å². The summed E-state index contributed by atoms with van der Waals surface area (Å²) >= 11 is 0. The number of hydrogen-bond donors (Lipinski definition) is 1. The molecule has 0 spiro atoms. The molecule has 2 rings (SSSR count). The van der Waals surface area contributed by atoms with E-state index in [4.69, 9.17) is 4.74 Å². The first-order valence-electron chi connectivity index (χ1n) is 8.91. The Balaban J connectivity index is 0.000000497. The Morgan fingerprint density at radius 3 is 1.71 bits per heavy atom. The predicted molar refractivity (Wildman–Crippen MR) is 108 cm³/mol. The number of nitrogens with zero attached hydrogens (tertiary/aromatic N) is 3. The van der Waals surface area contributed by atoms with Crippen LogP contribution in [0.25, 0.3) is 0 Å². The van der Waals surface area contributed by atoms with Gasteiger partial charge >= 0.3 is 11.4 Å². The Morgan fingerprint density at radius 2 is 1.50 bits per heavy atom. The Morgan fingerprint density at radius 1 is 1.07 bits per heavy atom. The van der Waals surface area contributed by atoms with Crippen molar-refractivity contribution in [1.82, 2.24) is 10.2 Å². The second-order valence-corrected chi connectivity index (χ2v) is 6.70. The van der Waals surface area contributed by atoms with Crippen LogP contribution in [0.5, 0.6) is 5.75 Å². The van der Waals surface area contributed by atoms with Crippen LogP contribution in [0.15, 0.2) is 12.1 Å². The molecule has 1 aromatic rings. The molecule has 0 amide bonds. The molecule has 1 atom stereocenters. The maximum absolute atomic E-state index is 10.6. The summed E-state index contributed by atoms with van der Waals surface area (Å²) in [6.45, 7) is 12.8. The van der Waals surface area contributed by atoms with Crippen molar-refractivity contribution >= 4 is 11.4 Å². The van der Waals surface area contributed by atoms with Crippen molar-refractivity contribution in [2.75, 3.05) is 27.8 Å². The zero-order valence-corrected chi connectivity index (χ0v) is 18.2. The highest BCUT2D eigenvalue weighted by Crippen LogP contribution is 2.37. The van der Waals surface area contributed by atoms with Crippen LogP contribution in [0.2, 0.25) is 0 Å². The summed E-state index contributed by atoms with van der Waals surface area (Å²) in [6.07, 6.45) is 0. The standard InChI is InChI=1S/C8H8N2O5.C8H18N2O.C2H6/c1-5-3-6(9(11)12)8(15-2)7(4-5)10(13)14;1-7(2)9-6-8(3,11-5)10(7)4;1-2/h3-4H,1-2H3;9H,6H2,1-5H3;1-2H3. The molecule has 0 saturated carbocycles. The molecule has 10 heteroatoms. The third kappa shape index (κ3) is 5.85. The minimum Gasteiger partial charge on any atom is -0.485 e. The van der Waals surface area contributed by atoms with Crippen molar-refractivity contribution in [3.05, 3.63) is 37.9 Å². The summed E-state index contributed by atoms with van der Waals surface area (Å²) in [6, 6.07) is 2.46. The van der Waals surface area contributed by atoms with Gasteiger partial charge in [0, 0.05) is 25.8 Å². The van der Waals surface area contributed by atoms with Gasteiger partial charge in [-0.25, -0.2) is 0 Å². The van der Waals surface area contributed by atoms with Crippen LogP contribution in [0.3, 0.4) is 0 Å². The molecule has 10 nitrogen and oxygen atoms in total. The zero-order chi connectivity index (χ0) is 22.3. The van der Waals surface area contributed by atoms with Gasteiger partial charge in [-0.3, -0.25) is 30.4 Å². The summed E-state index contributed by atoms with van der Waals surface area (Å²) in [4.78, 5) is 22.0. The van der Waals surface area contributed by atoms with Crippen LogP contribution in [-0.4, -0.2) is 53.9 Å². The fourth-order valence-corrected chi connectivity index (χ4v) is 2.63. The van der Waals surface area contributed by atoms with E-state index in [-0.39, 0.29) is 17.1 Å². The Labute approximate surface area is 166 Å². The van der Waals surface area contributed by atoms with Crippen LogP contribution in [-0.2, 0) is 4.74 Å². The molecular formula is C18H32N4O6. The summed E-state index contributed by atoms with van der Waals surface area (Å²) in [7, 11) is 4.98. The van der Waals surface area contributed by atoms with Crippen LogP contribution in [0.4, 0.5) is 11.4 Å². The van der Waals surface area contributed by atoms with Gasteiger partial charge in [0.05, 0.1) is 22.6 Å². The molecule has 28 heavy (non-hydrogen) atoms. The molecule has 1 fully saturated rings. The molecule has 0 bridgehead atoms. The Kier molecular flexibility index (Phi) is 9.45. The van der Waals surface area contributed by atoms with Crippen molar-refractivity contribution in [2.45, 2.75) is 52.9 Å². The van der Waals surface area contributed by atoms with E-state index in [1.807, 2.05) is 13.8 Å². The number of hydrogen-bond acceptors (Lipinski definition) is 8. The number of aryl methyl sites for hydroxylation is 1. The van der Waals surface area contributed by atoms with E-state index in [0.717, 1.165) is 13.7 Å². The molecule has 1 saturated heterocycles. The van der Waals surface area contributed by atoms with Gasteiger partial charge in [-0.2, -0.15) is 0 Å². The molecule has 1 N–H and O–H groups in total. The van der Waals surface area contributed by atoms with Crippen molar-refractivity contribution in [3.8, 4) is 5.75 Å². The number of benzene rings is 1. The normalized spacial score (nSPS) is 20.3. The SMILES string of the molecule is CC.COC1(C)CNC(C)(C)N1C.COc1c([N+](=O)[O-])cc(C)cc1[N+](=O)[O-]. The van der Waals surface area contributed by atoms with Crippen LogP contribution in [0.1, 0.15) is 40.2 Å².